The van der Waals surface area contributed by atoms with Crippen molar-refractivity contribution in [1.29, 1.82) is 5.26 Å². The van der Waals surface area contributed by atoms with Crippen LogP contribution in [-0.2, 0) is 6.54 Å². The Balaban J connectivity index is 1.94. The van der Waals surface area contributed by atoms with Crippen LogP contribution in [-0.4, -0.2) is 34.7 Å². The lowest BCUT2D eigenvalue weighted by molar-refractivity contribution is 0.119. The largest absolute Gasteiger partial charge is 0.465 e. The number of carbonyl (C=O) groups is 1. The van der Waals surface area contributed by atoms with Crippen LogP contribution in [0.1, 0.15) is 18.4 Å². The molecule has 1 aromatic rings. The molecule has 0 unspecified atom stereocenters. The van der Waals surface area contributed by atoms with E-state index >= 15 is 0 Å². The van der Waals surface area contributed by atoms with Crippen LogP contribution in [0.5, 0.6) is 0 Å². The van der Waals surface area contributed by atoms with Gasteiger partial charge in [0.05, 0.1) is 6.07 Å². The van der Waals surface area contributed by atoms with Crippen LogP contribution in [0.4, 0.5) is 4.79 Å². The van der Waals surface area contributed by atoms with Crippen LogP contribution in [0.3, 0.4) is 0 Å². The van der Waals surface area contributed by atoms with Crippen LogP contribution in [0.2, 0.25) is 0 Å². The van der Waals surface area contributed by atoms with Gasteiger partial charge in [-0.3, -0.25) is 5.32 Å². The minimum atomic E-state index is -0.908. The van der Waals surface area contributed by atoms with E-state index in [9.17, 15) is 10.1 Å². The maximum absolute atomic E-state index is 10.9. The van der Waals surface area contributed by atoms with Gasteiger partial charge in [0.1, 0.15) is 5.54 Å². The molecule has 0 spiro atoms. The summed E-state index contributed by atoms with van der Waals surface area (Å²) in [6.07, 6.45) is 0.153. The molecular weight excluding hydrogens is 242 g/mol. The van der Waals surface area contributed by atoms with Gasteiger partial charge in [0, 0.05) is 19.6 Å². The number of nitrogens with one attached hydrogen (secondary N) is 1. The Morgan fingerprint density at radius 2 is 2.00 bits per heavy atom. The number of nitriles is 1. The first-order valence-corrected chi connectivity index (χ1v) is 6.33. The van der Waals surface area contributed by atoms with Crippen molar-refractivity contribution in [3.63, 3.8) is 0 Å². The Bertz CT molecular complexity index is 473. The van der Waals surface area contributed by atoms with Gasteiger partial charge < -0.3 is 10.0 Å². The highest BCUT2D eigenvalue weighted by atomic mass is 16.4. The van der Waals surface area contributed by atoms with Gasteiger partial charge in [0.15, 0.2) is 0 Å². The summed E-state index contributed by atoms with van der Waals surface area (Å²) in [6.45, 7) is 1.44. The Labute approximate surface area is 112 Å². The van der Waals surface area contributed by atoms with Crippen LogP contribution in [0.25, 0.3) is 0 Å². The van der Waals surface area contributed by atoms with E-state index in [1.165, 1.54) is 4.90 Å². The lowest BCUT2D eigenvalue weighted by atomic mass is 9.89. The summed E-state index contributed by atoms with van der Waals surface area (Å²) in [5.74, 6) is 0. The van der Waals surface area contributed by atoms with E-state index in [4.69, 9.17) is 5.11 Å². The van der Waals surface area contributed by atoms with Crippen molar-refractivity contribution < 1.29 is 9.90 Å². The van der Waals surface area contributed by atoms with E-state index < -0.39 is 11.6 Å². The molecular formula is C14H17N3O2. The highest BCUT2D eigenvalue weighted by Crippen LogP contribution is 2.22. The first-order valence-electron chi connectivity index (χ1n) is 6.33. The smallest absolute Gasteiger partial charge is 0.407 e. The maximum atomic E-state index is 10.9. The van der Waals surface area contributed by atoms with Crippen LogP contribution in [0, 0.1) is 11.3 Å². The molecule has 19 heavy (non-hydrogen) atoms. The summed E-state index contributed by atoms with van der Waals surface area (Å²) in [5, 5.41) is 21.6. The van der Waals surface area contributed by atoms with Gasteiger partial charge in [0.25, 0.3) is 0 Å². The molecule has 1 fully saturated rings. The quantitative estimate of drug-likeness (QED) is 0.868. The molecule has 0 aliphatic carbocycles. The van der Waals surface area contributed by atoms with Crippen LogP contribution >= 0.6 is 0 Å². The molecule has 0 bridgehead atoms. The fraction of sp³-hybridized carbons (Fsp3) is 0.429. The van der Waals surface area contributed by atoms with Gasteiger partial charge in [0.2, 0.25) is 0 Å². The van der Waals surface area contributed by atoms with E-state index in [2.05, 4.69) is 11.4 Å². The van der Waals surface area contributed by atoms with Crippen molar-refractivity contribution in [1.82, 2.24) is 10.2 Å². The molecule has 1 saturated heterocycles. The Kier molecular flexibility index (Phi) is 4.03. The van der Waals surface area contributed by atoms with Crippen LogP contribution in [0.15, 0.2) is 30.3 Å². The predicted octanol–water partition coefficient (Wildman–Crippen LogP) is 1.81. The molecule has 2 N–H and O–H groups in total. The third kappa shape index (κ3) is 3.24. The molecule has 5 nitrogen and oxygen atoms in total. The lowest BCUT2D eigenvalue weighted by Crippen LogP contribution is -2.53. The number of amides is 1. The van der Waals surface area contributed by atoms with Crippen molar-refractivity contribution in [3.8, 4) is 6.07 Å². The molecule has 1 heterocycles. The highest BCUT2D eigenvalue weighted by molar-refractivity contribution is 5.65. The molecule has 0 aromatic heterocycles. The molecule has 100 valence electrons. The molecule has 0 radical (unpaired) electrons. The molecule has 0 atom stereocenters. The molecule has 1 amide bonds. The monoisotopic (exact) mass is 259 g/mol. The fourth-order valence-corrected chi connectivity index (χ4v) is 2.27. The van der Waals surface area contributed by atoms with Crippen LogP contribution < -0.4 is 5.32 Å². The number of piperidine rings is 1. The van der Waals surface area contributed by atoms with Crippen molar-refractivity contribution in [2.45, 2.75) is 24.9 Å². The van der Waals surface area contributed by atoms with Gasteiger partial charge >= 0.3 is 6.09 Å². The summed E-state index contributed by atoms with van der Waals surface area (Å²) in [6, 6.07) is 12.2. The summed E-state index contributed by atoms with van der Waals surface area (Å²) in [4.78, 5) is 12.2. The molecule has 2 rings (SSSR count). The second kappa shape index (κ2) is 5.72. The zero-order chi connectivity index (χ0) is 13.7. The molecule has 1 aliphatic rings. The Morgan fingerprint density at radius 1 is 1.37 bits per heavy atom. The minimum Gasteiger partial charge on any atom is -0.465 e. The average Bonchev–Trinajstić information content (AvgIpc) is 2.46. The summed E-state index contributed by atoms with van der Waals surface area (Å²) >= 11 is 0. The van der Waals surface area contributed by atoms with Crippen molar-refractivity contribution in [2.24, 2.45) is 0 Å². The topological polar surface area (TPSA) is 76.4 Å². The average molecular weight is 259 g/mol. The number of benzene rings is 1. The third-order valence-electron chi connectivity index (χ3n) is 3.58. The normalized spacial score (nSPS) is 17.7. The molecule has 5 heteroatoms. The van der Waals surface area contributed by atoms with Gasteiger partial charge in [-0.25, -0.2) is 4.79 Å². The highest BCUT2D eigenvalue weighted by Gasteiger charge is 2.35. The van der Waals surface area contributed by atoms with E-state index in [-0.39, 0.29) is 0 Å². The van der Waals surface area contributed by atoms with Gasteiger partial charge in [-0.15, -0.1) is 0 Å². The zero-order valence-electron chi connectivity index (χ0n) is 10.7. The third-order valence-corrected chi connectivity index (χ3v) is 3.58. The zero-order valence-corrected chi connectivity index (χ0v) is 10.7. The Morgan fingerprint density at radius 3 is 2.53 bits per heavy atom. The van der Waals surface area contributed by atoms with E-state index in [1.807, 2.05) is 30.3 Å². The van der Waals surface area contributed by atoms with E-state index in [0.717, 1.165) is 5.56 Å². The standard InChI is InChI=1S/C14H17N3O2/c15-11-14(6-8-17(9-7-14)13(18)19)16-10-12-4-2-1-3-5-12/h1-5,16H,6-10H2,(H,18,19). The lowest BCUT2D eigenvalue weighted by Gasteiger charge is -2.36. The van der Waals surface area contributed by atoms with E-state index in [1.54, 1.807) is 0 Å². The SMILES string of the molecule is N#CC1(NCc2ccccc2)CCN(C(=O)O)CC1. The number of likely N-dealkylation sites (tertiary alicyclic amines) is 1. The second-order valence-electron chi connectivity index (χ2n) is 4.80. The van der Waals surface area contributed by atoms with Gasteiger partial charge in [-0.2, -0.15) is 5.26 Å². The van der Waals surface area contributed by atoms with Crippen molar-refractivity contribution in [3.05, 3.63) is 35.9 Å². The summed E-state index contributed by atoms with van der Waals surface area (Å²) < 4.78 is 0. The summed E-state index contributed by atoms with van der Waals surface area (Å²) in [5.41, 5.74) is 0.514. The second-order valence-corrected chi connectivity index (χ2v) is 4.80. The molecule has 1 aromatic carbocycles. The van der Waals surface area contributed by atoms with Crippen molar-refractivity contribution in [2.75, 3.05) is 13.1 Å². The molecule has 0 saturated carbocycles. The number of hydrogen-bond acceptors (Lipinski definition) is 3. The Hall–Kier alpha value is -2.06. The first kappa shape index (κ1) is 13.4. The number of hydrogen-bond donors (Lipinski definition) is 2. The number of nitrogens with zero attached hydrogens (tertiary/aromatic N) is 2. The molecule has 1 aliphatic heterocycles. The predicted molar refractivity (Wildman–Crippen MR) is 70.5 cm³/mol. The minimum absolute atomic E-state index is 0.407. The maximum Gasteiger partial charge on any atom is 0.407 e. The van der Waals surface area contributed by atoms with Crippen molar-refractivity contribution >= 4 is 6.09 Å². The van der Waals surface area contributed by atoms with E-state index in [0.29, 0.717) is 32.5 Å². The first-order chi connectivity index (χ1) is 9.15. The summed E-state index contributed by atoms with van der Waals surface area (Å²) in [7, 11) is 0. The number of carboxylic acid groups (broad SMARTS) is 1. The van der Waals surface area contributed by atoms with Gasteiger partial charge in [-0.1, -0.05) is 30.3 Å². The number of rotatable bonds is 3. The fourth-order valence-electron chi connectivity index (χ4n) is 2.27. The van der Waals surface area contributed by atoms with Gasteiger partial charge in [-0.05, 0) is 18.4 Å².